The molecule has 6 nitrogen and oxygen atoms in total. The van der Waals surface area contributed by atoms with Crippen molar-refractivity contribution in [3.63, 3.8) is 0 Å². The molecule has 0 unspecified atom stereocenters. The molecule has 3 rings (SSSR count). The number of anilines is 1. The van der Waals surface area contributed by atoms with E-state index in [4.69, 9.17) is 16.3 Å². The molecule has 1 heterocycles. The third-order valence-electron chi connectivity index (χ3n) is 3.82. The quantitative estimate of drug-likeness (QED) is 0.501. The Hall–Kier alpha value is -2.64. The number of rotatable bonds is 7. The summed E-state index contributed by atoms with van der Waals surface area (Å²) in [4.78, 5) is 23.3. The molecule has 2 aromatic carbocycles. The van der Waals surface area contributed by atoms with Crippen LogP contribution in [0.3, 0.4) is 0 Å². The second-order valence-corrected chi connectivity index (χ2v) is 7.25. The minimum Gasteiger partial charge on any atom is -0.492 e. The number of carbonyl (C=O) groups is 1. The monoisotopic (exact) mass is 461 g/mol. The van der Waals surface area contributed by atoms with E-state index in [0.29, 0.717) is 41.6 Å². The van der Waals surface area contributed by atoms with Gasteiger partial charge in [-0.25, -0.2) is 5.10 Å². The van der Waals surface area contributed by atoms with Crippen molar-refractivity contribution in [3.05, 3.63) is 74.4 Å². The summed E-state index contributed by atoms with van der Waals surface area (Å²) in [5.74, 6) is 0.580. The number of H-pyrrole nitrogens is 1. The van der Waals surface area contributed by atoms with Crippen molar-refractivity contribution in [2.24, 2.45) is 0 Å². The molecule has 0 aliphatic carbocycles. The van der Waals surface area contributed by atoms with Gasteiger partial charge < -0.3 is 10.1 Å². The lowest BCUT2D eigenvalue weighted by atomic mass is 10.1. The molecule has 0 atom stereocenters. The van der Waals surface area contributed by atoms with Gasteiger partial charge in [0.2, 0.25) is 5.91 Å². The van der Waals surface area contributed by atoms with E-state index in [9.17, 15) is 9.59 Å². The molecule has 0 aliphatic rings. The Bertz CT molecular complexity index is 1020. The number of aromatic nitrogens is 2. The third kappa shape index (κ3) is 5.68. The average Bonchev–Trinajstić information content (AvgIpc) is 2.67. The summed E-state index contributed by atoms with van der Waals surface area (Å²) in [6, 6.07) is 15.6. The summed E-state index contributed by atoms with van der Waals surface area (Å²) in [6.07, 6.45) is 0.897. The number of ether oxygens (including phenoxy) is 1. The lowest BCUT2D eigenvalue weighted by molar-refractivity contribution is -0.116. The molecule has 0 aliphatic heterocycles. The predicted octanol–water partition coefficient (Wildman–Crippen LogP) is 4.65. The maximum absolute atomic E-state index is 12.2. The molecule has 144 valence electrons. The minimum absolute atomic E-state index is 0.106. The molecule has 0 radical (unpaired) electrons. The molecule has 1 amide bonds. The average molecular weight is 463 g/mol. The molecule has 0 fully saturated rings. The van der Waals surface area contributed by atoms with Crippen LogP contribution in [0.5, 0.6) is 5.75 Å². The number of hydrogen-bond donors (Lipinski definition) is 2. The van der Waals surface area contributed by atoms with Crippen molar-refractivity contribution in [1.29, 1.82) is 0 Å². The fraction of sp³-hybridized carbons (Fsp3) is 0.150. The zero-order valence-corrected chi connectivity index (χ0v) is 17.1. The van der Waals surface area contributed by atoms with Crippen molar-refractivity contribution in [1.82, 2.24) is 10.2 Å². The first kappa shape index (κ1) is 20.1. The number of nitrogens with one attached hydrogen (secondary N) is 2. The van der Waals surface area contributed by atoms with E-state index in [1.807, 2.05) is 12.1 Å². The molecule has 0 bridgehead atoms. The Morgan fingerprint density at radius 2 is 2.04 bits per heavy atom. The van der Waals surface area contributed by atoms with Crippen LogP contribution in [0.15, 0.2) is 63.9 Å². The zero-order valence-electron chi connectivity index (χ0n) is 14.7. The molecule has 0 spiro atoms. The third-order valence-corrected chi connectivity index (χ3v) is 4.68. The highest BCUT2D eigenvalue weighted by atomic mass is 79.9. The Labute approximate surface area is 175 Å². The number of benzene rings is 2. The normalized spacial score (nSPS) is 10.5. The van der Waals surface area contributed by atoms with Crippen LogP contribution in [-0.2, 0) is 4.79 Å². The standard InChI is InChI=1S/C20H17BrClN3O3/c21-16-12-14(22)6-8-18(16)28-10-2-5-19(26)23-15-4-1-3-13(11-15)17-7-9-20(27)25-24-17/h1,3-4,6-9,11-12H,2,5,10H2,(H,23,26)(H,25,27). The van der Waals surface area contributed by atoms with E-state index in [1.165, 1.54) is 6.07 Å². The Morgan fingerprint density at radius 3 is 2.79 bits per heavy atom. The molecule has 1 aromatic heterocycles. The number of aromatic amines is 1. The number of hydrogen-bond acceptors (Lipinski definition) is 4. The van der Waals surface area contributed by atoms with E-state index < -0.39 is 0 Å². The molecular weight excluding hydrogens is 446 g/mol. The SMILES string of the molecule is O=C(CCCOc1ccc(Cl)cc1Br)Nc1cccc(-c2ccc(=O)[nH]n2)c1. The maximum atomic E-state index is 12.2. The second-order valence-electron chi connectivity index (χ2n) is 5.96. The van der Waals surface area contributed by atoms with Crippen molar-refractivity contribution < 1.29 is 9.53 Å². The van der Waals surface area contributed by atoms with Gasteiger partial charge in [-0.3, -0.25) is 9.59 Å². The van der Waals surface area contributed by atoms with Crippen LogP contribution < -0.4 is 15.6 Å². The van der Waals surface area contributed by atoms with Gasteiger partial charge in [0.1, 0.15) is 5.75 Å². The lowest BCUT2D eigenvalue weighted by Gasteiger charge is -2.09. The summed E-state index contributed by atoms with van der Waals surface area (Å²) in [6.45, 7) is 0.412. The number of carbonyl (C=O) groups excluding carboxylic acids is 1. The van der Waals surface area contributed by atoms with Gasteiger partial charge in [0.25, 0.3) is 5.56 Å². The molecule has 28 heavy (non-hydrogen) atoms. The van der Waals surface area contributed by atoms with Crippen molar-refractivity contribution >= 4 is 39.1 Å². The van der Waals surface area contributed by atoms with Crippen molar-refractivity contribution in [2.75, 3.05) is 11.9 Å². The van der Waals surface area contributed by atoms with Gasteiger partial charge in [0.05, 0.1) is 16.8 Å². The van der Waals surface area contributed by atoms with Crippen LogP contribution in [0.2, 0.25) is 5.02 Å². The van der Waals surface area contributed by atoms with Gasteiger partial charge in [-0.15, -0.1) is 0 Å². The highest BCUT2D eigenvalue weighted by Crippen LogP contribution is 2.28. The van der Waals surface area contributed by atoms with Crippen LogP contribution in [0, 0.1) is 0 Å². The van der Waals surface area contributed by atoms with Crippen LogP contribution in [-0.4, -0.2) is 22.7 Å². The van der Waals surface area contributed by atoms with Crippen LogP contribution in [0.1, 0.15) is 12.8 Å². The highest BCUT2D eigenvalue weighted by molar-refractivity contribution is 9.10. The van der Waals surface area contributed by atoms with Crippen LogP contribution in [0.4, 0.5) is 5.69 Å². The fourth-order valence-corrected chi connectivity index (χ4v) is 3.29. The first-order chi connectivity index (χ1) is 13.5. The molecule has 0 saturated heterocycles. The summed E-state index contributed by atoms with van der Waals surface area (Å²) < 4.78 is 6.43. The summed E-state index contributed by atoms with van der Waals surface area (Å²) in [5.41, 5.74) is 1.82. The van der Waals surface area contributed by atoms with Crippen LogP contribution in [0.25, 0.3) is 11.3 Å². The summed E-state index contributed by atoms with van der Waals surface area (Å²) >= 11 is 9.28. The highest BCUT2D eigenvalue weighted by Gasteiger charge is 2.06. The fourth-order valence-electron chi connectivity index (χ4n) is 2.49. The van der Waals surface area contributed by atoms with E-state index in [-0.39, 0.29) is 11.5 Å². The van der Waals surface area contributed by atoms with Gasteiger partial charge in [0.15, 0.2) is 0 Å². The van der Waals surface area contributed by atoms with Gasteiger partial charge in [-0.1, -0.05) is 23.7 Å². The zero-order chi connectivity index (χ0) is 19.9. The van der Waals surface area contributed by atoms with Crippen molar-refractivity contribution in [3.8, 4) is 17.0 Å². The predicted molar refractivity (Wildman–Crippen MR) is 113 cm³/mol. The largest absolute Gasteiger partial charge is 0.492 e. The number of halogens is 2. The minimum atomic E-state index is -0.263. The Balaban J connectivity index is 1.50. The lowest BCUT2D eigenvalue weighted by Crippen LogP contribution is -2.13. The second kappa shape index (κ2) is 9.52. The molecule has 3 aromatic rings. The summed E-state index contributed by atoms with van der Waals surface area (Å²) in [5, 5.41) is 9.87. The number of nitrogens with zero attached hydrogens (tertiary/aromatic N) is 1. The molecule has 0 saturated carbocycles. The first-order valence-electron chi connectivity index (χ1n) is 8.55. The van der Waals surface area contributed by atoms with E-state index in [2.05, 4.69) is 31.4 Å². The van der Waals surface area contributed by atoms with E-state index >= 15 is 0 Å². The van der Waals surface area contributed by atoms with Gasteiger partial charge in [0, 0.05) is 28.8 Å². The Kier molecular flexibility index (Phi) is 6.84. The number of amides is 1. The van der Waals surface area contributed by atoms with E-state index in [0.717, 1.165) is 10.0 Å². The molecule has 2 N–H and O–H groups in total. The van der Waals surface area contributed by atoms with Gasteiger partial charge in [-0.2, -0.15) is 5.10 Å². The summed E-state index contributed by atoms with van der Waals surface area (Å²) in [7, 11) is 0. The van der Waals surface area contributed by atoms with Gasteiger partial charge >= 0.3 is 0 Å². The topological polar surface area (TPSA) is 84.1 Å². The Morgan fingerprint density at radius 1 is 1.18 bits per heavy atom. The first-order valence-corrected chi connectivity index (χ1v) is 9.72. The van der Waals surface area contributed by atoms with E-state index in [1.54, 1.807) is 36.4 Å². The maximum Gasteiger partial charge on any atom is 0.264 e. The molecular formula is C20H17BrClN3O3. The molecule has 8 heteroatoms. The van der Waals surface area contributed by atoms with Crippen molar-refractivity contribution in [2.45, 2.75) is 12.8 Å². The van der Waals surface area contributed by atoms with Crippen LogP contribution >= 0.6 is 27.5 Å². The smallest absolute Gasteiger partial charge is 0.264 e. The van der Waals surface area contributed by atoms with Gasteiger partial charge in [-0.05, 0) is 58.7 Å².